The van der Waals surface area contributed by atoms with Gasteiger partial charge in [0, 0.05) is 6.54 Å². The van der Waals surface area contributed by atoms with Gasteiger partial charge in [-0.25, -0.2) is 13.1 Å². The van der Waals surface area contributed by atoms with Crippen molar-refractivity contribution in [1.29, 1.82) is 0 Å². The predicted molar refractivity (Wildman–Crippen MR) is 64.3 cm³/mol. The van der Waals surface area contributed by atoms with Crippen molar-refractivity contribution < 1.29 is 18.3 Å². The minimum absolute atomic E-state index is 0.338. The molecule has 1 aliphatic rings. The lowest BCUT2D eigenvalue weighted by atomic mass is 9.98. The molecule has 7 heteroatoms. The highest BCUT2D eigenvalue weighted by Gasteiger charge is 2.19. The van der Waals surface area contributed by atoms with Gasteiger partial charge in [-0.2, -0.15) is 0 Å². The van der Waals surface area contributed by atoms with E-state index in [9.17, 15) is 13.2 Å². The number of carbonyl (C=O) groups is 1. The zero-order chi connectivity index (χ0) is 12.9. The summed E-state index contributed by atoms with van der Waals surface area (Å²) in [5, 5.41) is 8.43. The van der Waals surface area contributed by atoms with Crippen molar-refractivity contribution in [3.05, 3.63) is 0 Å². The van der Waals surface area contributed by atoms with Crippen molar-refractivity contribution in [3.8, 4) is 0 Å². The number of nitrogens with one attached hydrogen (secondary N) is 1. The first-order valence-corrected chi connectivity index (χ1v) is 7.42. The van der Waals surface area contributed by atoms with Crippen molar-refractivity contribution in [2.75, 3.05) is 32.4 Å². The summed E-state index contributed by atoms with van der Waals surface area (Å²) in [7, 11) is -1.39. The Bertz CT molecular complexity index is 347. The topological polar surface area (TPSA) is 86.7 Å². The average Bonchev–Trinajstić information content (AvgIpc) is 2.26. The molecule has 1 aliphatic heterocycles. The summed E-state index contributed by atoms with van der Waals surface area (Å²) in [5.41, 5.74) is 0. The smallest absolute Gasteiger partial charge is 0.304 e. The van der Waals surface area contributed by atoms with Crippen LogP contribution in [0.3, 0.4) is 0 Å². The normalized spacial score (nSPS) is 19.4. The molecule has 0 saturated carbocycles. The third kappa shape index (κ3) is 5.99. The Hall–Kier alpha value is -0.660. The van der Waals surface area contributed by atoms with E-state index in [1.165, 1.54) is 0 Å². The summed E-state index contributed by atoms with van der Waals surface area (Å²) in [4.78, 5) is 12.5. The van der Waals surface area contributed by atoms with Crippen LogP contribution in [-0.4, -0.2) is 56.8 Å². The summed E-state index contributed by atoms with van der Waals surface area (Å²) in [6, 6.07) is 0. The molecule has 0 aliphatic carbocycles. The fraction of sp³-hybridized carbons (Fsp3) is 0.900. The van der Waals surface area contributed by atoms with Gasteiger partial charge in [-0.15, -0.1) is 0 Å². The lowest BCUT2D eigenvalue weighted by molar-refractivity contribution is -0.136. The molecule has 0 amide bonds. The van der Waals surface area contributed by atoms with E-state index in [4.69, 9.17) is 5.11 Å². The molecule has 1 saturated heterocycles. The summed E-state index contributed by atoms with van der Waals surface area (Å²) in [6.07, 6.45) is 1.62. The van der Waals surface area contributed by atoms with Gasteiger partial charge in [-0.1, -0.05) is 0 Å². The van der Waals surface area contributed by atoms with Gasteiger partial charge >= 0.3 is 5.97 Å². The lowest BCUT2D eigenvalue weighted by Gasteiger charge is -2.28. The summed E-state index contributed by atoms with van der Waals surface area (Å²) < 4.78 is 25.4. The molecule has 100 valence electrons. The SMILES string of the molecule is CN1CCC(CNS(=O)(=O)CCC(=O)O)CC1. The number of likely N-dealkylation sites (tertiary alicyclic amines) is 1. The van der Waals surface area contributed by atoms with E-state index in [2.05, 4.69) is 9.62 Å². The molecule has 0 atom stereocenters. The van der Waals surface area contributed by atoms with Crippen LogP contribution in [0.2, 0.25) is 0 Å². The third-order valence-electron chi connectivity index (χ3n) is 3.01. The summed E-state index contributed by atoms with van der Waals surface area (Å²) >= 11 is 0. The van der Waals surface area contributed by atoms with Gasteiger partial charge in [0.1, 0.15) is 0 Å². The third-order valence-corrected chi connectivity index (χ3v) is 4.36. The molecule has 1 rings (SSSR count). The number of piperidine rings is 1. The van der Waals surface area contributed by atoms with Crippen LogP contribution in [-0.2, 0) is 14.8 Å². The van der Waals surface area contributed by atoms with E-state index in [1.54, 1.807) is 0 Å². The van der Waals surface area contributed by atoms with Crippen molar-refractivity contribution in [3.63, 3.8) is 0 Å². The Balaban J connectivity index is 2.27. The second kappa shape index (κ2) is 6.32. The zero-order valence-electron chi connectivity index (χ0n) is 10.1. The highest BCUT2D eigenvalue weighted by atomic mass is 32.2. The zero-order valence-corrected chi connectivity index (χ0v) is 10.9. The van der Waals surface area contributed by atoms with Gasteiger partial charge in [0.05, 0.1) is 12.2 Å². The first-order chi connectivity index (χ1) is 7.89. The van der Waals surface area contributed by atoms with Crippen LogP contribution in [0.4, 0.5) is 0 Å². The fourth-order valence-electron chi connectivity index (χ4n) is 1.80. The van der Waals surface area contributed by atoms with E-state index < -0.39 is 16.0 Å². The first kappa shape index (κ1) is 14.4. The summed E-state index contributed by atoms with van der Waals surface area (Å²) in [6.45, 7) is 2.40. The second-order valence-electron chi connectivity index (χ2n) is 4.56. The van der Waals surface area contributed by atoms with Crippen LogP contribution >= 0.6 is 0 Å². The number of nitrogens with zero attached hydrogens (tertiary/aromatic N) is 1. The van der Waals surface area contributed by atoms with Gasteiger partial charge in [0.25, 0.3) is 0 Å². The molecule has 0 spiro atoms. The maximum absolute atomic E-state index is 11.5. The highest BCUT2D eigenvalue weighted by molar-refractivity contribution is 7.89. The molecule has 0 radical (unpaired) electrons. The van der Waals surface area contributed by atoms with Crippen LogP contribution < -0.4 is 4.72 Å². The van der Waals surface area contributed by atoms with Crippen molar-refractivity contribution in [2.45, 2.75) is 19.3 Å². The Kier molecular flexibility index (Phi) is 5.35. The molecule has 1 fully saturated rings. The van der Waals surface area contributed by atoms with Gasteiger partial charge in [-0.05, 0) is 38.9 Å². The van der Waals surface area contributed by atoms with Crippen molar-refractivity contribution >= 4 is 16.0 Å². The van der Waals surface area contributed by atoms with Crippen LogP contribution in [0.15, 0.2) is 0 Å². The molecule has 0 aromatic rings. The van der Waals surface area contributed by atoms with Crippen molar-refractivity contribution in [1.82, 2.24) is 9.62 Å². The molecule has 1 heterocycles. The Morgan fingerprint density at radius 3 is 2.53 bits per heavy atom. The standard InChI is InChI=1S/C10H20N2O4S/c1-12-5-2-9(3-6-12)8-11-17(15,16)7-4-10(13)14/h9,11H,2-8H2,1H3,(H,13,14). The Labute approximate surface area is 102 Å². The minimum Gasteiger partial charge on any atom is -0.481 e. The number of sulfonamides is 1. The van der Waals surface area contributed by atoms with E-state index in [0.29, 0.717) is 12.5 Å². The van der Waals surface area contributed by atoms with E-state index in [0.717, 1.165) is 25.9 Å². The molecular formula is C10H20N2O4S. The molecule has 17 heavy (non-hydrogen) atoms. The highest BCUT2D eigenvalue weighted by Crippen LogP contribution is 2.14. The van der Waals surface area contributed by atoms with Gasteiger partial charge in [0.2, 0.25) is 10.0 Å². The monoisotopic (exact) mass is 264 g/mol. The van der Waals surface area contributed by atoms with Crippen LogP contribution in [0, 0.1) is 5.92 Å². The average molecular weight is 264 g/mol. The summed E-state index contributed by atoms with van der Waals surface area (Å²) in [5.74, 6) is -1.06. The van der Waals surface area contributed by atoms with Crippen LogP contribution in [0.25, 0.3) is 0 Å². The fourth-order valence-corrected chi connectivity index (χ4v) is 2.88. The first-order valence-electron chi connectivity index (χ1n) is 5.77. The van der Waals surface area contributed by atoms with Gasteiger partial charge < -0.3 is 10.0 Å². The molecular weight excluding hydrogens is 244 g/mol. The lowest BCUT2D eigenvalue weighted by Crippen LogP contribution is -2.37. The number of hydrogen-bond acceptors (Lipinski definition) is 4. The quantitative estimate of drug-likeness (QED) is 0.689. The molecule has 0 aromatic carbocycles. The van der Waals surface area contributed by atoms with Crippen LogP contribution in [0.1, 0.15) is 19.3 Å². The van der Waals surface area contributed by atoms with Gasteiger partial charge in [-0.3, -0.25) is 4.79 Å². The number of rotatable bonds is 6. The molecule has 0 unspecified atom stereocenters. The largest absolute Gasteiger partial charge is 0.481 e. The number of carboxylic acid groups (broad SMARTS) is 1. The Morgan fingerprint density at radius 2 is 2.00 bits per heavy atom. The number of hydrogen-bond donors (Lipinski definition) is 2. The molecule has 0 bridgehead atoms. The van der Waals surface area contributed by atoms with Crippen LogP contribution in [0.5, 0.6) is 0 Å². The molecule has 6 nitrogen and oxygen atoms in total. The van der Waals surface area contributed by atoms with E-state index >= 15 is 0 Å². The second-order valence-corrected chi connectivity index (χ2v) is 6.48. The predicted octanol–water partition coefficient (Wildman–Crippen LogP) is -0.278. The number of aliphatic carboxylic acids is 1. The molecule has 2 N–H and O–H groups in total. The number of carboxylic acids is 1. The Morgan fingerprint density at radius 1 is 1.41 bits per heavy atom. The van der Waals surface area contributed by atoms with Crippen molar-refractivity contribution in [2.24, 2.45) is 5.92 Å². The maximum Gasteiger partial charge on any atom is 0.304 e. The maximum atomic E-state index is 11.5. The molecule has 0 aromatic heterocycles. The van der Waals surface area contributed by atoms with Gasteiger partial charge in [0.15, 0.2) is 0 Å². The minimum atomic E-state index is -3.43. The van der Waals surface area contributed by atoms with E-state index in [1.807, 2.05) is 7.05 Å². The van der Waals surface area contributed by atoms with E-state index in [-0.39, 0.29) is 12.2 Å².